The highest BCUT2D eigenvalue weighted by Gasteiger charge is 2.18. The van der Waals surface area contributed by atoms with Crippen molar-refractivity contribution in [3.63, 3.8) is 0 Å². The third-order valence-corrected chi connectivity index (χ3v) is 2.33. The van der Waals surface area contributed by atoms with Crippen LogP contribution in [0.25, 0.3) is 0 Å². The van der Waals surface area contributed by atoms with Crippen LogP contribution in [0.1, 0.15) is 19.8 Å². The van der Waals surface area contributed by atoms with Crippen LogP contribution in [0.15, 0.2) is 15.2 Å². The maximum Gasteiger partial charge on any atom is 0.240 e. The molecule has 0 aromatic rings. The number of guanidine groups is 1. The number of halogens is 1. The average molecular weight is 215 g/mol. The zero-order chi connectivity index (χ0) is 11.3. The molecule has 0 aromatic heterocycles. The van der Waals surface area contributed by atoms with Gasteiger partial charge in [0.15, 0.2) is 0 Å². The van der Waals surface area contributed by atoms with E-state index in [1.54, 1.807) is 7.05 Å². The first-order valence-electron chi connectivity index (χ1n) is 5.15. The minimum atomic E-state index is -1.28. The van der Waals surface area contributed by atoms with Crippen LogP contribution in [0.2, 0.25) is 0 Å². The van der Waals surface area contributed by atoms with Crippen LogP contribution in [-0.4, -0.2) is 43.3 Å². The van der Waals surface area contributed by atoms with E-state index in [9.17, 15) is 4.39 Å². The fourth-order valence-electron chi connectivity index (χ4n) is 1.48. The molecule has 0 amide bonds. The zero-order valence-electron chi connectivity index (χ0n) is 9.23. The lowest BCUT2D eigenvalue weighted by Crippen LogP contribution is -2.42. The van der Waals surface area contributed by atoms with Crippen molar-refractivity contribution in [2.24, 2.45) is 21.0 Å². The van der Waals surface area contributed by atoms with Crippen molar-refractivity contribution in [2.45, 2.75) is 32.1 Å². The Kier molecular flexibility index (Phi) is 4.61. The summed E-state index contributed by atoms with van der Waals surface area (Å²) in [6.45, 7) is 2.96. The number of likely N-dealkylation sites (tertiary alicyclic amines) is 1. The number of nitrogens with two attached hydrogens (primary N) is 1. The van der Waals surface area contributed by atoms with Gasteiger partial charge in [-0.25, -0.2) is 4.39 Å². The number of nitrogens with zero attached hydrogens (tertiary/aromatic N) is 4. The standard InChI is InChI=1S/C9H18FN5/c1-7(10)13-14-9(12-2)15-5-3-8(11)4-6-15/h7-8H,3-6,11H2,1-2H3/b12-9+,14-13-. The van der Waals surface area contributed by atoms with E-state index >= 15 is 0 Å². The molecule has 0 saturated carbocycles. The van der Waals surface area contributed by atoms with Crippen molar-refractivity contribution in [2.75, 3.05) is 20.1 Å². The van der Waals surface area contributed by atoms with Gasteiger partial charge in [-0.3, -0.25) is 4.99 Å². The molecule has 5 nitrogen and oxygen atoms in total. The summed E-state index contributed by atoms with van der Waals surface area (Å²) in [5.41, 5.74) is 5.78. The van der Waals surface area contributed by atoms with Crippen LogP contribution in [0.4, 0.5) is 4.39 Å². The summed E-state index contributed by atoms with van der Waals surface area (Å²) in [5.74, 6) is 0.492. The lowest BCUT2D eigenvalue weighted by molar-refractivity contribution is 0.306. The molecule has 0 aromatic carbocycles. The number of aliphatic imine (C=N–C) groups is 1. The molecule has 1 aliphatic rings. The summed E-state index contributed by atoms with van der Waals surface area (Å²) in [6, 6.07) is 0.261. The quantitative estimate of drug-likeness (QED) is 0.309. The predicted octanol–water partition coefficient (Wildman–Crippen LogP) is 1.16. The van der Waals surface area contributed by atoms with Gasteiger partial charge in [-0.1, -0.05) is 0 Å². The largest absolute Gasteiger partial charge is 0.340 e. The Morgan fingerprint density at radius 1 is 1.47 bits per heavy atom. The van der Waals surface area contributed by atoms with Gasteiger partial charge in [-0.2, -0.15) is 0 Å². The van der Waals surface area contributed by atoms with E-state index in [2.05, 4.69) is 15.2 Å². The molecule has 1 unspecified atom stereocenters. The number of piperidine rings is 1. The minimum Gasteiger partial charge on any atom is -0.340 e. The van der Waals surface area contributed by atoms with Crippen LogP contribution >= 0.6 is 0 Å². The van der Waals surface area contributed by atoms with Gasteiger partial charge in [-0.05, 0) is 19.8 Å². The van der Waals surface area contributed by atoms with Crippen molar-refractivity contribution in [1.29, 1.82) is 0 Å². The molecule has 2 N–H and O–H groups in total. The molecule has 6 heteroatoms. The maximum atomic E-state index is 12.5. The number of alkyl halides is 1. The molecule has 1 atom stereocenters. The summed E-state index contributed by atoms with van der Waals surface area (Å²) >= 11 is 0. The number of hydrogen-bond donors (Lipinski definition) is 1. The maximum absolute atomic E-state index is 12.5. The zero-order valence-corrected chi connectivity index (χ0v) is 9.23. The van der Waals surface area contributed by atoms with Crippen LogP contribution in [-0.2, 0) is 0 Å². The van der Waals surface area contributed by atoms with Gasteiger partial charge < -0.3 is 10.6 Å². The molecule has 1 aliphatic heterocycles. The summed E-state index contributed by atoms with van der Waals surface area (Å²) in [5, 5.41) is 7.22. The second-order valence-corrected chi connectivity index (χ2v) is 3.64. The van der Waals surface area contributed by atoms with E-state index in [-0.39, 0.29) is 6.04 Å². The molecule has 0 radical (unpaired) electrons. The van der Waals surface area contributed by atoms with Crippen LogP contribution in [0, 0.1) is 0 Å². The summed E-state index contributed by atoms with van der Waals surface area (Å²) < 4.78 is 12.5. The molecular weight excluding hydrogens is 197 g/mol. The SMILES string of the molecule is C/N=C(\N=N/C(C)F)N1CCC(N)CC1. The predicted molar refractivity (Wildman–Crippen MR) is 57.6 cm³/mol. The van der Waals surface area contributed by atoms with Gasteiger partial charge >= 0.3 is 0 Å². The molecule has 0 aliphatic carbocycles. The minimum absolute atomic E-state index is 0.261. The Hall–Kier alpha value is -1.04. The summed E-state index contributed by atoms with van der Waals surface area (Å²) in [6.07, 6.45) is 0.549. The van der Waals surface area contributed by atoms with E-state index < -0.39 is 6.30 Å². The van der Waals surface area contributed by atoms with Gasteiger partial charge in [0.2, 0.25) is 12.3 Å². The molecular formula is C9H18FN5. The van der Waals surface area contributed by atoms with Gasteiger partial charge in [0.25, 0.3) is 0 Å². The number of hydrogen-bond acceptors (Lipinski definition) is 3. The van der Waals surface area contributed by atoms with E-state index in [1.807, 2.05) is 4.90 Å². The van der Waals surface area contributed by atoms with Crippen molar-refractivity contribution < 1.29 is 4.39 Å². The van der Waals surface area contributed by atoms with Crippen molar-refractivity contribution in [1.82, 2.24) is 4.90 Å². The highest BCUT2D eigenvalue weighted by atomic mass is 19.1. The molecule has 1 heterocycles. The first-order valence-corrected chi connectivity index (χ1v) is 5.15. The second-order valence-electron chi connectivity index (χ2n) is 3.64. The fraction of sp³-hybridized carbons (Fsp3) is 0.889. The molecule has 0 bridgehead atoms. The first kappa shape index (κ1) is 12.0. The van der Waals surface area contributed by atoms with Crippen LogP contribution in [0.5, 0.6) is 0 Å². The summed E-state index contributed by atoms with van der Waals surface area (Å²) in [4.78, 5) is 5.96. The molecule has 0 spiro atoms. The lowest BCUT2D eigenvalue weighted by atomic mass is 10.1. The smallest absolute Gasteiger partial charge is 0.240 e. The fourth-order valence-corrected chi connectivity index (χ4v) is 1.48. The molecule has 1 rings (SSSR count). The first-order chi connectivity index (χ1) is 7.13. The van der Waals surface area contributed by atoms with E-state index in [4.69, 9.17) is 5.73 Å². The Morgan fingerprint density at radius 2 is 2.07 bits per heavy atom. The van der Waals surface area contributed by atoms with Crippen molar-refractivity contribution >= 4 is 5.96 Å². The molecule has 86 valence electrons. The van der Waals surface area contributed by atoms with Gasteiger partial charge in [0, 0.05) is 26.2 Å². The third kappa shape index (κ3) is 3.91. The average Bonchev–Trinajstić information content (AvgIpc) is 2.21. The van der Waals surface area contributed by atoms with E-state index in [1.165, 1.54) is 6.92 Å². The Morgan fingerprint density at radius 3 is 2.53 bits per heavy atom. The topological polar surface area (TPSA) is 66.3 Å². The monoisotopic (exact) mass is 215 g/mol. The lowest BCUT2D eigenvalue weighted by Gasteiger charge is -2.30. The van der Waals surface area contributed by atoms with Crippen molar-refractivity contribution in [3.05, 3.63) is 0 Å². The molecule has 1 fully saturated rings. The van der Waals surface area contributed by atoms with Crippen LogP contribution < -0.4 is 5.73 Å². The van der Waals surface area contributed by atoms with Gasteiger partial charge in [0.05, 0.1) is 0 Å². The van der Waals surface area contributed by atoms with Gasteiger partial charge in [-0.15, -0.1) is 10.2 Å². The Labute approximate surface area is 89.3 Å². The Bertz CT molecular complexity index is 243. The second kappa shape index (κ2) is 5.75. The Balaban J connectivity index is 2.53. The number of rotatable bonds is 1. The van der Waals surface area contributed by atoms with E-state index in [0.717, 1.165) is 25.9 Å². The van der Waals surface area contributed by atoms with E-state index in [0.29, 0.717) is 5.96 Å². The highest BCUT2D eigenvalue weighted by Crippen LogP contribution is 2.10. The third-order valence-electron chi connectivity index (χ3n) is 2.33. The van der Waals surface area contributed by atoms with Crippen LogP contribution in [0.3, 0.4) is 0 Å². The normalized spacial score (nSPS) is 22.4. The van der Waals surface area contributed by atoms with Gasteiger partial charge in [0.1, 0.15) is 0 Å². The highest BCUT2D eigenvalue weighted by molar-refractivity contribution is 5.80. The molecule has 1 saturated heterocycles. The molecule has 15 heavy (non-hydrogen) atoms. The summed E-state index contributed by atoms with van der Waals surface area (Å²) in [7, 11) is 1.63. The number of azo groups is 1. The van der Waals surface area contributed by atoms with Crippen molar-refractivity contribution in [3.8, 4) is 0 Å².